The van der Waals surface area contributed by atoms with E-state index in [1.165, 1.54) is 12.2 Å². The summed E-state index contributed by atoms with van der Waals surface area (Å²) in [5.74, 6) is 1.84. The summed E-state index contributed by atoms with van der Waals surface area (Å²) < 4.78 is 11.2. The molecule has 1 aromatic heterocycles. The number of nitrogens with zero attached hydrogens (tertiary/aromatic N) is 2. The van der Waals surface area contributed by atoms with Crippen LogP contribution in [0.5, 0.6) is 5.88 Å². The molecule has 0 radical (unpaired) electrons. The molecule has 0 unspecified atom stereocenters. The molecule has 1 amide bonds. The zero-order valence-corrected chi connectivity index (χ0v) is 21.4. The van der Waals surface area contributed by atoms with Gasteiger partial charge in [0, 0.05) is 11.8 Å². The van der Waals surface area contributed by atoms with Gasteiger partial charge in [-0.25, -0.2) is 17.1 Å². The summed E-state index contributed by atoms with van der Waals surface area (Å²) in [4.78, 5) is 16.5. The van der Waals surface area contributed by atoms with Crippen molar-refractivity contribution in [2.24, 2.45) is 11.8 Å². The smallest absolute Gasteiger partial charge is 0.872 e. The Hall–Kier alpha value is -1.89. The molecule has 1 aliphatic heterocycles. The Morgan fingerprint density at radius 1 is 1.16 bits per heavy atom. The van der Waals surface area contributed by atoms with Gasteiger partial charge in [-0.3, -0.25) is 10.5 Å². The van der Waals surface area contributed by atoms with Crippen LogP contribution in [0.25, 0.3) is 5.41 Å². The number of aromatic nitrogens is 1. The summed E-state index contributed by atoms with van der Waals surface area (Å²) in [7, 11) is 0. The zero-order chi connectivity index (χ0) is 22.8. The number of hydrogen-bond donors (Lipinski definition) is 1. The van der Waals surface area contributed by atoms with Crippen molar-refractivity contribution in [3.63, 3.8) is 0 Å². The summed E-state index contributed by atoms with van der Waals surface area (Å²) in [6.45, 7) is 18.7. The summed E-state index contributed by atoms with van der Waals surface area (Å²) in [5, 5.41) is 12.4. The molecule has 0 saturated heterocycles. The van der Waals surface area contributed by atoms with Gasteiger partial charge in [0.15, 0.2) is 0 Å². The molecule has 32 heavy (non-hydrogen) atoms. The molecule has 6 nitrogen and oxygen atoms in total. The molecule has 1 aliphatic carbocycles. The topological polar surface area (TPSA) is 82.8 Å². The number of hydrogen-bond acceptors (Lipinski definition) is 4. The third kappa shape index (κ3) is 8.57. The first-order chi connectivity index (χ1) is 14.8. The van der Waals surface area contributed by atoms with Gasteiger partial charge in [-0.05, 0) is 24.8 Å². The predicted octanol–water partition coefficient (Wildman–Crippen LogP) is 1.86. The van der Waals surface area contributed by atoms with Crippen molar-refractivity contribution in [2.45, 2.75) is 39.5 Å². The SMILES string of the molecule is [CH-]=C1C=C2NC(=O)c3cccc(n3)OCCCCOC2=CC1=[N-].[CH2-]CC(C[CH2-])C(C)C.[Na+]. The minimum Gasteiger partial charge on any atom is -0.872 e. The molecule has 0 fully saturated rings. The third-order valence-electron chi connectivity index (χ3n) is 5.06. The van der Waals surface area contributed by atoms with Crippen molar-refractivity contribution in [3.8, 4) is 5.88 Å². The Labute approximate surface area is 214 Å². The van der Waals surface area contributed by atoms with Crippen LogP contribution in [0, 0.1) is 32.3 Å². The van der Waals surface area contributed by atoms with Gasteiger partial charge >= 0.3 is 29.6 Å². The summed E-state index contributed by atoms with van der Waals surface area (Å²) in [6, 6.07) is 5.00. The van der Waals surface area contributed by atoms with Gasteiger partial charge in [0.1, 0.15) is 11.5 Å². The number of amides is 1. The largest absolute Gasteiger partial charge is 1.00 e. The van der Waals surface area contributed by atoms with E-state index in [9.17, 15) is 10.2 Å². The molecule has 0 spiro atoms. The fraction of sp³-hybridized carbons (Fsp3) is 0.400. The molecule has 7 heteroatoms. The monoisotopic (exact) mass is 444 g/mol. The summed E-state index contributed by atoms with van der Waals surface area (Å²) >= 11 is 0. The first-order valence-electron chi connectivity index (χ1n) is 10.6. The molecular formula is C25H31N3NaO3-3. The maximum atomic E-state index is 12.4. The van der Waals surface area contributed by atoms with E-state index in [-0.39, 0.29) is 46.5 Å². The Morgan fingerprint density at radius 2 is 1.81 bits per heavy atom. The van der Waals surface area contributed by atoms with Crippen molar-refractivity contribution in [3.05, 3.63) is 78.9 Å². The van der Waals surface area contributed by atoms with Crippen LogP contribution in [0.3, 0.4) is 0 Å². The molecule has 2 aliphatic rings. The number of allylic oxidation sites excluding steroid dienone is 3. The second kappa shape index (κ2) is 14.3. The quantitative estimate of drug-likeness (QED) is 0.570. The molecule has 1 aromatic rings. The van der Waals surface area contributed by atoms with E-state index in [1.54, 1.807) is 18.2 Å². The third-order valence-corrected chi connectivity index (χ3v) is 5.06. The van der Waals surface area contributed by atoms with Crippen LogP contribution in [-0.2, 0) is 4.74 Å². The Bertz CT molecular complexity index is 858. The zero-order valence-electron chi connectivity index (χ0n) is 19.4. The average Bonchev–Trinajstić information content (AvgIpc) is 2.75. The van der Waals surface area contributed by atoms with E-state index in [1.807, 2.05) is 0 Å². The number of nitrogens with one attached hydrogen (secondary N) is 1. The first-order valence-corrected chi connectivity index (χ1v) is 10.6. The number of fused-ring (bicyclic) bond motifs is 3. The Morgan fingerprint density at radius 3 is 2.41 bits per heavy atom. The fourth-order valence-corrected chi connectivity index (χ4v) is 2.98. The van der Waals surface area contributed by atoms with Crippen LogP contribution >= 0.6 is 0 Å². The van der Waals surface area contributed by atoms with Crippen LogP contribution in [0.2, 0.25) is 0 Å². The number of rotatable bonds is 3. The Kier molecular flexibility index (Phi) is 12.6. The number of pyridine rings is 1. The molecule has 2 heterocycles. The van der Waals surface area contributed by atoms with Crippen molar-refractivity contribution < 1.29 is 43.8 Å². The minimum absolute atomic E-state index is 0. The molecule has 2 bridgehead atoms. The maximum Gasteiger partial charge on any atom is 1.00 e. The van der Waals surface area contributed by atoms with Gasteiger partial charge in [0.05, 0.1) is 13.2 Å². The molecule has 0 saturated carbocycles. The van der Waals surface area contributed by atoms with Gasteiger partial charge in [0.2, 0.25) is 5.88 Å². The second-order valence-corrected chi connectivity index (χ2v) is 7.71. The van der Waals surface area contributed by atoms with Crippen molar-refractivity contribution in [2.75, 3.05) is 13.2 Å². The average molecular weight is 445 g/mol. The molecule has 3 rings (SSSR count). The number of carbonyl (C=O) groups is 1. The van der Waals surface area contributed by atoms with Gasteiger partial charge in [-0.15, -0.1) is 6.08 Å². The molecule has 0 aromatic carbocycles. The van der Waals surface area contributed by atoms with Crippen LogP contribution in [0.1, 0.15) is 50.0 Å². The van der Waals surface area contributed by atoms with E-state index in [0.29, 0.717) is 30.5 Å². The van der Waals surface area contributed by atoms with Crippen LogP contribution in [-0.4, -0.2) is 29.8 Å². The standard InChI is InChI=1S/C17H15N3O3.C8H16.Na/c1-11-9-14-15(10-12(11)18)22-7-2-3-8-23-16-6-4-5-13(19-16)17(21)20-14;1-5-8(6-2)7(3)4;/h1,4-6,9-10H,2-3,7-8H2,(H,20,21);7-8H,1-2,5-6H2,3-4H3;/q2*-2;+1. The van der Waals surface area contributed by atoms with Gasteiger partial charge in [-0.1, -0.05) is 31.9 Å². The normalized spacial score (nSPS) is 16.2. The van der Waals surface area contributed by atoms with E-state index in [2.05, 4.69) is 38.0 Å². The van der Waals surface area contributed by atoms with Crippen molar-refractivity contribution in [1.82, 2.24) is 10.3 Å². The van der Waals surface area contributed by atoms with Crippen molar-refractivity contribution in [1.29, 1.82) is 0 Å². The predicted molar refractivity (Wildman–Crippen MR) is 123 cm³/mol. The van der Waals surface area contributed by atoms with Gasteiger partial charge < -0.3 is 34.0 Å². The van der Waals surface area contributed by atoms with E-state index in [0.717, 1.165) is 37.5 Å². The number of ether oxygens (including phenoxy) is 2. The van der Waals surface area contributed by atoms with Crippen molar-refractivity contribution >= 4 is 11.6 Å². The fourth-order valence-electron chi connectivity index (χ4n) is 2.98. The molecular weight excluding hydrogens is 413 g/mol. The van der Waals surface area contributed by atoms with Gasteiger partial charge in [0.25, 0.3) is 5.91 Å². The molecule has 1 N–H and O–H groups in total. The minimum atomic E-state index is -0.412. The maximum absolute atomic E-state index is 12.4. The summed E-state index contributed by atoms with van der Waals surface area (Å²) in [6.07, 6.45) is 6.46. The van der Waals surface area contributed by atoms with Crippen LogP contribution in [0.15, 0.2) is 47.4 Å². The van der Waals surface area contributed by atoms with Crippen LogP contribution < -0.4 is 39.6 Å². The molecule has 168 valence electrons. The van der Waals surface area contributed by atoms with E-state index >= 15 is 0 Å². The Balaban J connectivity index is 0.000000491. The molecule has 0 atom stereocenters. The van der Waals surface area contributed by atoms with E-state index < -0.39 is 5.91 Å². The second-order valence-electron chi connectivity index (χ2n) is 7.71. The van der Waals surface area contributed by atoms with Gasteiger partial charge in [-0.2, -0.15) is 12.8 Å². The number of carbonyl (C=O) groups excluding carboxylic acids is 1. The van der Waals surface area contributed by atoms with E-state index in [4.69, 9.17) is 16.1 Å². The van der Waals surface area contributed by atoms with Crippen LogP contribution in [0.4, 0.5) is 0 Å². The summed E-state index contributed by atoms with van der Waals surface area (Å²) in [5.41, 5.74) is 0.671. The first kappa shape index (κ1) is 28.1.